The summed E-state index contributed by atoms with van der Waals surface area (Å²) >= 11 is 1.64. The number of carbonyl (C=O) groups excluding carboxylic acids is 1. The van der Waals surface area contributed by atoms with E-state index in [1.807, 2.05) is 12.3 Å². The van der Waals surface area contributed by atoms with Crippen molar-refractivity contribution in [3.63, 3.8) is 0 Å². The first-order valence-corrected chi connectivity index (χ1v) is 10.8. The second-order valence-electron chi connectivity index (χ2n) is 7.58. The smallest absolute Gasteiger partial charge is 0.409 e. The number of amides is 1. The Morgan fingerprint density at radius 1 is 1.17 bits per heavy atom. The number of benzene rings is 2. The van der Waals surface area contributed by atoms with Crippen molar-refractivity contribution in [3.05, 3.63) is 75.7 Å². The van der Waals surface area contributed by atoms with Gasteiger partial charge in [-0.15, -0.1) is 11.3 Å². The predicted octanol–water partition coefficient (Wildman–Crippen LogP) is 4.35. The number of hydrogen-bond donors (Lipinski definition) is 1. The van der Waals surface area contributed by atoms with Gasteiger partial charge in [-0.3, -0.25) is 0 Å². The summed E-state index contributed by atoms with van der Waals surface area (Å²) in [6, 6.07) is 16.9. The fraction of sp³-hybridized carbons (Fsp3) is 0.304. The quantitative estimate of drug-likeness (QED) is 0.704. The minimum atomic E-state index is -0.244. The van der Waals surface area contributed by atoms with Crippen LogP contribution < -0.4 is 5.32 Å². The minimum Gasteiger partial charge on any atom is -0.448 e. The lowest BCUT2D eigenvalue weighted by molar-refractivity contribution is 0.0883. The molecule has 2 heterocycles. The number of rotatable bonds is 3. The van der Waals surface area contributed by atoms with E-state index in [0.29, 0.717) is 19.7 Å². The molecule has 6 heteroatoms. The van der Waals surface area contributed by atoms with E-state index < -0.39 is 0 Å². The van der Waals surface area contributed by atoms with E-state index >= 15 is 0 Å². The highest BCUT2D eigenvalue weighted by atomic mass is 32.1. The zero-order chi connectivity index (χ0) is 19.8. The highest BCUT2D eigenvalue weighted by Crippen LogP contribution is 2.44. The zero-order valence-electron chi connectivity index (χ0n) is 16.3. The van der Waals surface area contributed by atoms with Gasteiger partial charge in [-0.2, -0.15) is 0 Å². The minimum absolute atomic E-state index is 0.0722. The van der Waals surface area contributed by atoms with Crippen LogP contribution in [0.5, 0.6) is 0 Å². The molecular weight excluding hydrogens is 382 g/mol. The lowest BCUT2D eigenvalue weighted by atomic mass is 9.98. The molecule has 0 spiro atoms. The molecule has 1 atom stereocenters. The number of fused-ring (bicyclic) bond motifs is 3. The van der Waals surface area contributed by atoms with Crippen LogP contribution in [0.3, 0.4) is 0 Å². The topological polar surface area (TPSA) is 54.5 Å². The van der Waals surface area contributed by atoms with Crippen LogP contribution in [-0.2, 0) is 4.74 Å². The van der Waals surface area contributed by atoms with E-state index in [1.54, 1.807) is 16.2 Å². The van der Waals surface area contributed by atoms with Crippen molar-refractivity contribution in [3.8, 4) is 11.1 Å². The summed E-state index contributed by atoms with van der Waals surface area (Å²) in [5, 5.41) is 6.53. The zero-order valence-corrected chi connectivity index (χ0v) is 17.1. The summed E-state index contributed by atoms with van der Waals surface area (Å²) in [4.78, 5) is 19.2. The Morgan fingerprint density at radius 3 is 2.52 bits per heavy atom. The van der Waals surface area contributed by atoms with Gasteiger partial charge in [0.2, 0.25) is 0 Å². The van der Waals surface area contributed by atoms with Crippen molar-refractivity contribution in [2.75, 3.05) is 26.2 Å². The Morgan fingerprint density at radius 2 is 1.86 bits per heavy atom. The number of ether oxygens (including phenoxy) is 1. The van der Waals surface area contributed by atoms with E-state index in [-0.39, 0.29) is 18.1 Å². The van der Waals surface area contributed by atoms with Crippen LogP contribution in [0.25, 0.3) is 11.1 Å². The number of nitrogens with one attached hydrogen (secondary N) is 1. The monoisotopic (exact) mass is 405 g/mol. The summed E-state index contributed by atoms with van der Waals surface area (Å²) in [7, 11) is 0. The van der Waals surface area contributed by atoms with E-state index in [4.69, 9.17) is 4.74 Å². The molecule has 2 aliphatic rings. The molecule has 3 aromatic rings. The Bertz CT molecular complexity index is 1000. The molecule has 2 aromatic carbocycles. The maximum Gasteiger partial charge on any atom is 0.409 e. The maximum atomic E-state index is 12.8. The molecule has 1 unspecified atom stereocenters. The van der Waals surface area contributed by atoms with Crippen molar-refractivity contribution in [1.82, 2.24) is 15.2 Å². The summed E-state index contributed by atoms with van der Waals surface area (Å²) in [6.07, 6.45) is -0.244. The number of carbonyl (C=O) groups is 1. The third kappa shape index (κ3) is 3.43. The lowest BCUT2D eigenvalue weighted by Crippen LogP contribution is -2.48. The molecule has 148 valence electrons. The van der Waals surface area contributed by atoms with Gasteiger partial charge in [0.05, 0.1) is 6.04 Å². The number of hydrogen-bond acceptors (Lipinski definition) is 5. The molecule has 1 saturated heterocycles. The predicted molar refractivity (Wildman–Crippen MR) is 114 cm³/mol. The van der Waals surface area contributed by atoms with Crippen LogP contribution in [0.15, 0.2) is 53.9 Å². The number of nitrogens with zero attached hydrogens (tertiary/aromatic N) is 2. The molecule has 1 fully saturated rings. The number of thiazole rings is 1. The highest BCUT2D eigenvalue weighted by molar-refractivity contribution is 7.09. The molecule has 5 nitrogen and oxygen atoms in total. The number of aryl methyl sites for hydroxylation is 1. The lowest BCUT2D eigenvalue weighted by Gasteiger charge is -2.32. The number of aromatic nitrogens is 1. The number of piperazine rings is 1. The fourth-order valence-electron chi connectivity index (χ4n) is 4.30. The van der Waals surface area contributed by atoms with Crippen LogP contribution in [0.4, 0.5) is 4.79 Å². The van der Waals surface area contributed by atoms with Gasteiger partial charge in [0.1, 0.15) is 11.6 Å². The van der Waals surface area contributed by atoms with E-state index in [2.05, 4.69) is 58.8 Å². The molecule has 1 amide bonds. The molecule has 1 aromatic heterocycles. The Labute approximate surface area is 174 Å². The maximum absolute atomic E-state index is 12.8. The van der Waals surface area contributed by atoms with Gasteiger partial charge in [0, 0.05) is 36.6 Å². The van der Waals surface area contributed by atoms with E-state index in [1.165, 1.54) is 22.3 Å². The Balaban J connectivity index is 1.28. The highest BCUT2D eigenvalue weighted by Gasteiger charge is 2.31. The largest absolute Gasteiger partial charge is 0.448 e. The van der Waals surface area contributed by atoms with Gasteiger partial charge in [-0.05, 0) is 29.2 Å². The summed E-state index contributed by atoms with van der Waals surface area (Å²) < 4.78 is 5.81. The van der Waals surface area contributed by atoms with Crippen molar-refractivity contribution < 1.29 is 9.53 Å². The fourth-order valence-corrected chi connectivity index (χ4v) is 5.16. The van der Waals surface area contributed by atoms with Crippen molar-refractivity contribution in [1.29, 1.82) is 0 Å². The van der Waals surface area contributed by atoms with Crippen molar-refractivity contribution in [2.24, 2.45) is 0 Å². The van der Waals surface area contributed by atoms with Crippen LogP contribution >= 0.6 is 11.3 Å². The van der Waals surface area contributed by atoms with Gasteiger partial charge in [-0.25, -0.2) is 9.78 Å². The van der Waals surface area contributed by atoms with Crippen LogP contribution in [0.2, 0.25) is 0 Å². The third-order valence-electron chi connectivity index (χ3n) is 5.70. The van der Waals surface area contributed by atoms with Crippen LogP contribution in [-0.4, -0.2) is 42.2 Å². The SMILES string of the molecule is Cc1csc(C2CN(C(=O)OCC3c4ccccc4-c4ccccc43)CCN2)n1. The normalized spacial score (nSPS) is 18.4. The molecule has 5 rings (SSSR count). The summed E-state index contributed by atoms with van der Waals surface area (Å²) in [5.41, 5.74) is 5.97. The molecule has 29 heavy (non-hydrogen) atoms. The van der Waals surface area contributed by atoms with Crippen LogP contribution in [0, 0.1) is 6.92 Å². The van der Waals surface area contributed by atoms with E-state index in [0.717, 1.165) is 17.2 Å². The second-order valence-corrected chi connectivity index (χ2v) is 8.47. The standard InChI is InChI=1S/C23H23N3O2S/c1-15-14-29-22(25-15)21-12-26(11-10-24-21)23(27)28-13-20-18-8-4-2-6-16(18)17-7-3-5-9-19(17)20/h2-9,14,20-21,24H,10-13H2,1H3. The molecule has 0 saturated carbocycles. The molecule has 0 bridgehead atoms. The Hall–Kier alpha value is -2.70. The first-order valence-electron chi connectivity index (χ1n) is 9.96. The first kappa shape index (κ1) is 18.3. The average Bonchev–Trinajstić information content (AvgIpc) is 3.34. The van der Waals surface area contributed by atoms with Crippen molar-refractivity contribution >= 4 is 17.4 Å². The average molecular weight is 406 g/mol. The summed E-state index contributed by atoms with van der Waals surface area (Å²) in [6.45, 7) is 4.33. The molecule has 1 aliphatic heterocycles. The first-order chi connectivity index (χ1) is 14.2. The second kappa shape index (κ2) is 7.61. The van der Waals surface area contributed by atoms with Gasteiger partial charge in [0.15, 0.2) is 0 Å². The van der Waals surface area contributed by atoms with Crippen molar-refractivity contribution in [2.45, 2.75) is 18.9 Å². The van der Waals surface area contributed by atoms with Gasteiger partial charge < -0.3 is 15.0 Å². The van der Waals surface area contributed by atoms with Gasteiger partial charge in [-0.1, -0.05) is 48.5 Å². The van der Waals surface area contributed by atoms with Gasteiger partial charge >= 0.3 is 6.09 Å². The molecule has 1 N–H and O–H groups in total. The molecular formula is C23H23N3O2S. The van der Waals surface area contributed by atoms with Crippen LogP contribution in [0.1, 0.15) is 33.8 Å². The molecule has 1 aliphatic carbocycles. The summed E-state index contributed by atoms with van der Waals surface area (Å²) in [5.74, 6) is 0.0895. The van der Waals surface area contributed by atoms with Gasteiger partial charge in [0.25, 0.3) is 0 Å². The third-order valence-corrected chi connectivity index (χ3v) is 6.78. The Kier molecular flexibility index (Phi) is 4.81. The molecule has 0 radical (unpaired) electrons. The van der Waals surface area contributed by atoms with E-state index in [9.17, 15) is 4.79 Å².